The molecule has 1 N–H and O–H groups in total. The van der Waals surface area contributed by atoms with Crippen LogP contribution in [-0.4, -0.2) is 20.5 Å². The number of nitrogens with zero attached hydrogens (tertiary/aromatic N) is 3. The van der Waals surface area contributed by atoms with Gasteiger partial charge < -0.3 is 10.1 Å². The Morgan fingerprint density at radius 2 is 2.03 bits per heavy atom. The number of amides is 1. The van der Waals surface area contributed by atoms with Crippen LogP contribution in [0.5, 0.6) is 5.75 Å². The van der Waals surface area contributed by atoms with Crippen molar-refractivity contribution >= 4 is 39.2 Å². The van der Waals surface area contributed by atoms with E-state index in [2.05, 4.69) is 29.2 Å². The van der Waals surface area contributed by atoms with Gasteiger partial charge in [0.1, 0.15) is 17.4 Å². The van der Waals surface area contributed by atoms with Crippen molar-refractivity contribution in [2.45, 2.75) is 26.9 Å². The highest BCUT2D eigenvalue weighted by Crippen LogP contribution is 2.19. The number of hydrogen-bond donors (Lipinski definition) is 1. The Labute approximate surface area is 181 Å². The number of carbonyl (C=O) groups excluding carboxylic acids is 1. The van der Waals surface area contributed by atoms with Gasteiger partial charge in [-0.3, -0.25) is 9.59 Å². The lowest BCUT2D eigenvalue weighted by Crippen LogP contribution is -2.16. The number of benzene rings is 1. The minimum Gasteiger partial charge on any atom is -0.487 e. The maximum atomic E-state index is 12.3. The zero-order valence-corrected chi connectivity index (χ0v) is 18.1. The molecule has 154 valence electrons. The first kappa shape index (κ1) is 20.2. The highest BCUT2D eigenvalue weighted by atomic mass is 32.1. The number of rotatable bonds is 7. The van der Waals surface area contributed by atoms with Crippen molar-refractivity contribution < 1.29 is 9.53 Å². The Bertz CT molecular complexity index is 1210. The number of nitrogens with one attached hydrogen (secondary N) is 1. The van der Waals surface area contributed by atoms with E-state index in [-0.39, 0.29) is 18.1 Å². The molecule has 0 aliphatic carbocycles. The van der Waals surface area contributed by atoms with Gasteiger partial charge in [0, 0.05) is 18.2 Å². The molecule has 0 atom stereocenters. The van der Waals surface area contributed by atoms with Crippen molar-refractivity contribution in [3.8, 4) is 5.75 Å². The second-order valence-electron chi connectivity index (χ2n) is 7.12. The molecule has 3 heterocycles. The Hall–Kier alpha value is -3.04. The molecule has 30 heavy (non-hydrogen) atoms. The fourth-order valence-electron chi connectivity index (χ4n) is 2.79. The number of aromatic nitrogens is 3. The highest BCUT2D eigenvalue weighted by molar-refractivity contribution is 7.16. The van der Waals surface area contributed by atoms with E-state index in [1.807, 2.05) is 11.4 Å². The summed E-state index contributed by atoms with van der Waals surface area (Å²) in [6, 6.07) is 12.1. The maximum Gasteiger partial charge on any atom is 0.275 e. The first-order chi connectivity index (χ1) is 14.5. The number of hydrogen-bond acceptors (Lipinski definition) is 7. The Morgan fingerprint density at radius 3 is 2.73 bits per heavy atom. The zero-order chi connectivity index (χ0) is 21.1. The Balaban J connectivity index is 1.41. The fourth-order valence-corrected chi connectivity index (χ4v) is 4.54. The van der Waals surface area contributed by atoms with Crippen LogP contribution < -0.4 is 15.6 Å². The summed E-state index contributed by atoms with van der Waals surface area (Å²) in [4.78, 5) is 30.2. The van der Waals surface area contributed by atoms with Gasteiger partial charge in [-0.05, 0) is 41.6 Å². The standard InChI is InChI=1S/C21H20N4O3S2/c1-13(2)10-18-24-25-19(26)11-15(23-21(25)30-18)12-28-16-7-5-14(6-8-16)22-20(27)17-4-3-9-29-17/h3-9,11,13H,10,12H2,1-2H3,(H,22,27). The SMILES string of the molecule is CC(C)Cc1nn2c(=O)cc(COc3ccc(NC(=O)c4cccs4)cc3)nc2s1. The molecule has 9 heteroatoms. The summed E-state index contributed by atoms with van der Waals surface area (Å²) in [6.45, 7) is 4.39. The summed E-state index contributed by atoms with van der Waals surface area (Å²) in [5.41, 5.74) is 1.02. The van der Waals surface area contributed by atoms with Gasteiger partial charge in [0.05, 0.1) is 10.6 Å². The molecule has 1 amide bonds. The molecule has 0 aliphatic heterocycles. The van der Waals surface area contributed by atoms with E-state index in [1.165, 1.54) is 33.3 Å². The zero-order valence-electron chi connectivity index (χ0n) is 16.5. The molecule has 4 aromatic rings. The first-order valence-electron chi connectivity index (χ1n) is 9.44. The van der Waals surface area contributed by atoms with Crippen LogP contribution in [0.25, 0.3) is 4.96 Å². The van der Waals surface area contributed by atoms with Crippen molar-refractivity contribution in [2.24, 2.45) is 5.92 Å². The van der Waals surface area contributed by atoms with Gasteiger partial charge in [0.15, 0.2) is 0 Å². The molecule has 0 unspecified atom stereocenters. The van der Waals surface area contributed by atoms with Crippen LogP contribution in [0.2, 0.25) is 0 Å². The summed E-state index contributed by atoms with van der Waals surface area (Å²) in [5, 5.41) is 9.95. The molecule has 1 aromatic carbocycles. The quantitative estimate of drug-likeness (QED) is 0.465. The Morgan fingerprint density at radius 1 is 1.23 bits per heavy atom. The predicted molar refractivity (Wildman–Crippen MR) is 119 cm³/mol. The van der Waals surface area contributed by atoms with E-state index >= 15 is 0 Å². The molecule has 0 spiro atoms. The molecular formula is C21H20N4O3S2. The number of thiophene rings is 1. The average molecular weight is 441 g/mol. The topological polar surface area (TPSA) is 85.6 Å². The van der Waals surface area contributed by atoms with E-state index in [0.717, 1.165) is 11.4 Å². The maximum absolute atomic E-state index is 12.3. The number of carbonyl (C=O) groups is 1. The van der Waals surface area contributed by atoms with Gasteiger partial charge in [-0.2, -0.15) is 9.61 Å². The molecule has 0 saturated heterocycles. The van der Waals surface area contributed by atoms with E-state index < -0.39 is 0 Å². The summed E-state index contributed by atoms with van der Waals surface area (Å²) in [5.74, 6) is 0.941. The van der Waals surface area contributed by atoms with E-state index in [4.69, 9.17) is 4.74 Å². The van der Waals surface area contributed by atoms with E-state index in [0.29, 0.717) is 32.9 Å². The van der Waals surface area contributed by atoms with Gasteiger partial charge >= 0.3 is 0 Å². The number of ether oxygens (including phenoxy) is 1. The number of fused-ring (bicyclic) bond motifs is 1. The normalized spacial score (nSPS) is 11.2. The van der Waals surface area contributed by atoms with Crippen molar-refractivity contribution in [1.29, 1.82) is 0 Å². The first-order valence-corrected chi connectivity index (χ1v) is 11.1. The van der Waals surface area contributed by atoms with Gasteiger partial charge in [-0.15, -0.1) is 11.3 Å². The van der Waals surface area contributed by atoms with Crippen LogP contribution in [-0.2, 0) is 13.0 Å². The molecule has 0 aliphatic rings. The second kappa shape index (κ2) is 8.76. The van der Waals surface area contributed by atoms with Crippen LogP contribution in [0.3, 0.4) is 0 Å². The summed E-state index contributed by atoms with van der Waals surface area (Å²) >= 11 is 2.82. The molecule has 7 nitrogen and oxygen atoms in total. The van der Waals surface area contributed by atoms with Crippen molar-refractivity contribution in [1.82, 2.24) is 14.6 Å². The van der Waals surface area contributed by atoms with Crippen LogP contribution in [0.4, 0.5) is 5.69 Å². The van der Waals surface area contributed by atoms with Crippen molar-refractivity contribution in [3.63, 3.8) is 0 Å². The third-order valence-electron chi connectivity index (χ3n) is 4.17. The lowest BCUT2D eigenvalue weighted by molar-refractivity contribution is 0.103. The summed E-state index contributed by atoms with van der Waals surface area (Å²) in [6.07, 6.45) is 0.814. The molecule has 3 aromatic heterocycles. The van der Waals surface area contributed by atoms with Gasteiger partial charge in [-0.25, -0.2) is 4.98 Å². The van der Waals surface area contributed by atoms with Gasteiger partial charge in [0.2, 0.25) is 4.96 Å². The monoisotopic (exact) mass is 440 g/mol. The summed E-state index contributed by atoms with van der Waals surface area (Å²) in [7, 11) is 0. The second-order valence-corrected chi connectivity index (χ2v) is 9.11. The lowest BCUT2D eigenvalue weighted by atomic mass is 10.1. The molecule has 4 rings (SSSR count). The van der Waals surface area contributed by atoms with Crippen LogP contribution in [0, 0.1) is 5.92 Å². The predicted octanol–water partition coefficient (Wildman–Crippen LogP) is 4.24. The van der Waals surface area contributed by atoms with Crippen molar-refractivity contribution in [2.75, 3.05) is 5.32 Å². The minimum absolute atomic E-state index is 0.141. The number of anilines is 1. The smallest absolute Gasteiger partial charge is 0.275 e. The lowest BCUT2D eigenvalue weighted by Gasteiger charge is -2.07. The van der Waals surface area contributed by atoms with Gasteiger partial charge in [0.25, 0.3) is 11.5 Å². The van der Waals surface area contributed by atoms with Crippen LogP contribution >= 0.6 is 22.7 Å². The van der Waals surface area contributed by atoms with Crippen LogP contribution in [0.15, 0.2) is 52.6 Å². The van der Waals surface area contributed by atoms with Gasteiger partial charge in [-0.1, -0.05) is 31.3 Å². The molecule has 0 radical (unpaired) electrons. The summed E-state index contributed by atoms with van der Waals surface area (Å²) < 4.78 is 7.11. The molecule has 0 bridgehead atoms. The third kappa shape index (κ3) is 4.74. The van der Waals surface area contributed by atoms with E-state index in [9.17, 15) is 9.59 Å². The molecular weight excluding hydrogens is 420 g/mol. The largest absolute Gasteiger partial charge is 0.487 e. The fraction of sp³-hybridized carbons (Fsp3) is 0.238. The Kier molecular flexibility index (Phi) is 5.91. The van der Waals surface area contributed by atoms with Crippen LogP contribution in [0.1, 0.15) is 34.2 Å². The third-order valence-corrected chi connectivity index (χ3v) is 5.97. The average Bonchev–Trinajstić information content (AvgIpc) is 3.37. The van der Waals surface area contributed by atoms with Crippen molar-refractivity contribution in [3.05, 3.63) is 73.8 Å². The minimum atomic E-state index is -0.212. The van der Waals surface area contributed by atoms with E-state index in [1.54, 1.807) is 30.3 Å². The molecule has 0 fully saturated rings. The highest BCUT2D eigenvalue weighted by Gasteiger charge is 2.11. The molecule has 0 saturated carbocycles.